The third-order valence-electron chi connectivity index (χ3n) is 2.58. The number of anilines is 1. The lowest BCUT2D eigenvalue weighted by atomic mass is 10.2. The van der Waals surface area contributed by atoms with Crippen LogP contribution in [0, 0.1) is 0 Å². The largest absolute Gasteiger partial charge is 0.497 e. The molecule has 0 aliphatic carbocycles. The number of rotatable bonds is 5. The van der Waals surface area contributed by atoms with Gasteiger partial charge in [0.2, 0.25) is 5.91 Å². The van der Waals surface area contributed by atoms with Crippen LogP contribution in [0.5, 0.6) is 5.75 Å². The highest BCUT2D eigenvalue weighted by atomic mass is 79.9. The van der Waals surface area contributed by atoms with E-state index in [4.69, 9.17) is 9.47 Å². The molecule has 2 aromatic rings. The SMILES string of the molecule is COc1ccc(Br)c(C(=O)OCc2csc(NC(C)=O)n2)c1. The van der Waals surface area contributed by atoms with Crippen molar-refractivity contribution in [1.82, 2.24) is 4.98 Å². The van der Waals surface area contributed by atoms with E-state index >= 15 is 0 Å². The number of esters is 1. The van der Waals surface area contributed by atoms with Gasteiger partial charge < -0.3 is 14.8 Å². The standard InChI is InChI=1S/C14H13BrN2O4S/c1-8(18)16-14-17-9(7-22-14)6-21-13(19)11-5-10(20-2)3-4-12(11)15/h3-5,7H,6H2,1-2H3,(H,16,17,18). The van der Waals surface area contributed by atoms with Crippen LogP contribution in [0.2, 0.25) is 0 Å². The Balaban J connectivity index is 2.00. The number of aromatic nitrogens is 1. The Labute approximate surface area is 139 Å². The molecule has 0 unspecified atom stereocenters. The van der Waals surface area contributed by atoms with Crippen molar-refractivity contribution in [3.8, 4) is 5.75 Å². The molecule has 0 saturated carbocycles. The van der Waals surface area contributed by atoms with E-state index in [-0.39, 0.29) is 12.5 Å². The number of carbonyl (C=O) groups is 2. The Morgan fingerprint density at radius 3 is 2.86 bits per heavy atom. The number of thiazole rings is 1. The van der Waals surface area contributed by atoms with Gasteiger partial charge in [-0.2, -0.15) is 0 Å². The van der Waals surface area contributed by atoms with Crippen molar-refractivity contribution >= 4 is 44.3 Å². The van der Waals surface area contributed by atoms with Crippen molar-refractivity contribution in [2.45, 2.75) is 13.5 Å². The second-order valence-corrected chi connectivity index (χ2v) is 5.96. The van der Waals surface area contributed by atoms with Crippen LogP contribution in [0.1, 0.15) is 23.0 Å². The number of halogens is 1. The van der Waals surface area contributed by atoms with Crippen molar-refractivity contribution in [1.29, 1.82) is 0 Å². The predicted molar refractivity (Wildman–Crippen MR) is 86.2 cm³/mol. The van der Waals surface area contributed by atoms with E-state index in [0.29, 0.717) is 26.6 Å². The van der Waals surface area contributed by atoms with Crippen LogP contribution < -0.4 is 10.1 Å². The number of nitrogens with zero attached hydrogens (tertiary/aromatic N) is 1. The van der Waals surface area contributed by atoms with Crippen molar-refractivity contribution in [2.24, 2.45) is 0 Å². The van der Waals surface area contributed by atoms with E-state index in [2.05, 4.69) is 26.2 Å². The molecule has 6 nitrogen and oxygen atoms in total. The molecule has 1 aromatic heterocycles. The lowest BCUT2D eigenvalue weighted by Crippen LogP contribution is -2.08. The van der Waals surface area contributed by atoms with E-state index in [1.54, 1.807) is 23.6 Å². The van der Waals surface area contributed by atoms with Crippen molar-refractivity contribution in [2.75, 3.05) is 12.4 Å². The molecular formula is C14H13BrN2O4S. The molecule has 0 aliphatic heterocycles. The van der Waals surface area contributed by atoms with Crippen LogP contribution in [0.25, 0.3) is 0 Å². The molecule has 0 aliphatic rings. The fourth-order valence-corrected chi connectivity index (χ4v) is 2.74. The maximum atomic E-state index is 12.1. The minimum atomic E-state index is -0.486. The summed E-state index contributed by atoms with van der Waals surface area (Å²) < 4.78 is 10.9. The zero-order valence-corrected chi connectivity index (χ0v) is 14.3. The highest BCUT2D eigenvalue weighted by Gasteiger charge is 2.14. The smallest absolute Gasteiger partial charge is 0.339 e. The normalized spacial score (nSPS) is 10.1. The summed E-state index contributed by atoms with van der Waals surface area (Å²) in [5, 5.41) is 4.77. The number of nitrogens with one attached hydrogen (secondary N) is 1. The van der Waals surface area contributed by atoms with Gasteiger partial charge >= 0.3 is 5.97 Å². The molecule has 0 spiro atoms. The molecule has 1 heterocycles. The Kier molecular flexibility index (Phi) is 5.51. The zero-order valence-electron chi connectivity index (χ0n) is 11.9. The zero-order chi connectivity index (χ0) is 16.1. The molecule has 2 rings (SSSR count). The Hall–Kier alpha value is -1.93. The van der Waals surface area contributed by atoms with E-state index in [9.17, 15) is 9.59 Å². The monoisotopic (exact) mass is 384 g/mol. The summed E-state index contributed by atoms with van der Waals surface area (Å²) in [7, 11) is 1.52. The van der Waals surface area contributed by atoms with Crippen LogP contribution in [-0.2, 0) is 16.1 Å². The average Bonchev–Trinajstić information content (AvgIpc) is 2.92. The van der Waals surface area contributed by atoms with Crippen LogP contribution in [-0.4, -0.2) is 24.0 Å². The minimum absolute atomic E-state index is 0.0264. The van der Waals surface area contributed by atoms with Crippen molar-refractivity contribution in [3.63, 3.8) is 0 Å². The summed E-state index contributed by atoms with van der Waals surface area (Å²) in [6.07, 6.45) is 0. The Morgan fingerprint density at radius 2 is 2.18 bits per heavy atom. The molecule has 0 saturated heterocycles. The average molecular weight is 385 g/mol. The summed E-state index contributed by atoms with van der Waals surface area (Å²) in [5.41, 5.74) is 0.942. The Bertz CT molecular complexity index is 702. The van der Waals surface area contributed by atoms with Gasteiger partial charge in [0.05, 0.1) is 18.4 Å². The highest BCUT2D eigenvalue weighted by Crippen LogP contribution is 2.24. The summed E-state index contributed by atoms with van der Waals surface area (Å²) in [5.74, 6) is -0.116. The first-order chi connectivity index (χ1) is 10.5. The molecule has 1 amide bonds. The number of ether oxygens (including phenoxy) is 2. The van der Waals surface area contributed by atoms with Gasteiger partial charge in [-0.15, -0.1) is 11.3 Å². The highest BCUT2D eigenvalue weighted by molar-refractivity contribution is 9.10. The molecular weight excluding hydrogens is 372 g/mol. The lowest BCUT2D eigenvalue weighted by molar-refractivity contribution is -0.114. The number of methoxy groups -OCH3 is 1. The predicted octanol–water partition coefficient (Wildman–Crippen LogP) is 3.23. The van der Waals surface area contributed by atoms with Crippen LogP contribution in [0.3, 0.4) is 0 Å². The van der Waals surface area contributed by atoms with Crippen molar-refractivity contribution < 1.29 is 19.1 Å². The summed E-state index contributed by atoms with van der Waals surface area (Å²) in [6, 6.07) is 5.05. The second-order valence-electron chi connectivity index (χ2n) is 4.25. The molecule has 1 N–H and O–H groups in total. The molecule has 0 atom stereocenters. The molecule has 8 heteroatoms. The summed E-state index contributed by atoms with van der Waals surface area (Å²) >= 11 is 4.57. The first-order valence-corrected chi connectivity index (χ1v) is 7.89. The fraction of sp³-hybridized carbons (Fsp3) is 0.214. The molecule has 0 bridgehead atoms. The Morgan fingerprint density at radius 1 is 1.41 bits per heavy atom. The third-order valence-corrected chi connectivity index (χ3v) is 4.08. The van der Waals surface area contributed by atoms with Gasteiger partial charge in [0.15, 0.2) is 5.13 Å². The summed E-state index contributed by atoms with van der Waals surface area (Å²) in [6.45, 7) is 1.43. The second kappa shape index (κ2) is 7.37. The van der Waals surface area contributed by atoms with Gasteiger partial charge in [0, 0.05) is 16.8 Å². The molecule has 1 aromatic carbocycles. The van der Waals surface area contributed by atoms with E-state index in [1.807, 2.05) is 0 Å². The number of amides is 1. The quantitative estimate of drug-likeness (QED) is 0.800. The van der Waals surface area contributed by atoms with Gasteiger partial charge in [-0.1, -0.05) is 0 Å². The van der Waals surface area contributed by atoms with Gasteiger partial charge in [-0.3, -0.25) is 4.79 Å². The molecule has 0 radical (unpaired) electrons. The van der Waals surface area contributed by atoms with Gasteiger partial charge in [0.25, 0.3) is 0 Å². The first kappa shape index (κ1) is 16.4. The minimum Gasteiger partial charge on any atom is -0.497 e. The fourth-order valence-electron chi connectivity index (χ4n) is 1.59. The van der Waals surface area contributed by atoms with Crippen molar-refractivity contribution in [3.05, 3.63) is 39.3 Å². The van der Waals surface area contributed by atoms with Crippen LogP contribution in [0.4, 0.5) is 5.13 Å². The van der Waals surface area contributed by atoms with Gasteiger partial charge in [0.1, 0.15) is 12.4 Å². The molecule has 116 valence electrons. The number of hydrogen-bond acceptors (Lipinski definition) is 6. The maximum Gasteiger partial charge on any atom is 0.339 e. The third kappa shape index (κ3) is 4.28. The molecule has 22 heavy (non-hydrogen) atoms. The maximum absolute atomic E-state index is 12.1. The first-order valence-electron chi connectivity index (χ1n) is 6.22. The topological polar surface area (TPSA) is 77.5 Å². The number of benzene rings is 1. The van der Waals surface area contributed by atoms with E-state index in [0.717, 1.165) is 0 Å². The van der Waals surface area contributed by atoms with Crippen LogP contribution in [0.15, 0.2) is 28.1 Å². The number of carbonyl (C=O) groups excluding carboxylic acids is 2. The molecule has 0 fully saturated rings. The lowest BCUT2D eigenvalue weighted by Gasteiger charge is -2.07. The number of hydrogen-bond donors (Lipinski definition) is 1. The van der Waals surface area contributed by atoms with E-state index < -0.39 is 5.97 Å². The van der Waals surface area contributed by atoms with Gasteiger partial charge in [-0.05, 0) is 34.1 Å². The summed E-state index contributed by atoms with van der Waals surface area (Å²) in [4.78, 5) is 27.2. The van der Waals surface area contributed by atoms with Crippen LogP contribution >= 0.6 is 27.3 Å². The van der Waals surface area contributed by atoms with E-state index in [1.165, 1.54) is 25.4 Å². The van der Waals surface area contributed by atoms with Gasteiger partial charge in [-0.25, -0.2) is 9.78 Å².